The van der Waals surface area contributed by atoms with Crippen LogP contribution in [0.1, 0.15) is 105 Å². The van der Waals surface area contributed by atoms with Crippen LogP contribution < -0.4 is 0 Å². The minimum Gasteiger partial charge on any atom is -0.506 e. The van der Waals surface area contributed by atoms with Gasteiger partial charge in [-0.15, -0.1) is 0 Å². The fraction of sp³-hybridized carbons (Fsp3) is 0.722. The van der Waals surface area contributed by atoms with E-state index in [9.17, 15) is 10.2 Å². The summed E-state index contributed by atoms with van der Waals surface area (Å²) in [6, 6.07) is 5.76. The molecule has 0 unspecified atom stereocenters. The molecule has 5 aliphatic carbocycles. The molecule has 0 radical (unpaired) electrons. The molecular weight excluding hydrogens is 500 g/mol. The monoisotopic (exact) mass is 550 g/mol. The predicted molar refractivity (Wildman–Crippen MR) is 163 cm³/mol. The van der Waals surface area contributed by atoms with E-state index in [1.54, 1.807) is 6.07 Å². The maximum atomic E-state index is 10.8. The molecule has 0 saturated heterocycles. The number of hydrogen-bond donors (Lipinski definition) is 2. The summed E-state index contributed by atoms with van der Waals surface area (Å²) in [6.07, 6.45) is 13.7. The summed E-state index contributed by atoms with van der Waals surface area (Å²) >= 11 is 6.37. The van der Waals surface area contributed by atoms with Gasteiger partial charge in [-0.05, 0) is 145 Å². The Morgan fingerprint density at radius 1 is 0.949 bits per heavy atom. The standard InChI is InChI=1S/C36H51ClO2/c1-22(2)24-12-17-36(21-38)19-18-34(6)26(31(24)36)9-11-30-33(5)15-13-25(23-8-10-28(39)27(37)20-23)32(3,4)29(33)14-16-35(30,34)7/h8,10,13,20,24,26,29-31,38-39H,1,9,11-12,14-19,21H2,2-7H3/t24-,26+,29-,30+,31+,33-,34+,35+,36+/m0/s1. The number of benzene rings is 1. The van der Waals surface area contributed by atoms with Crippen LogP contribution in [0.15, 0.2) is 36.4 Å². The van der Waals surface area contributed by atoms with Crippen LogP contribution in [0.4, 0.5) is 0 Å². The second-order valence-corrected chi connectivity index (χ2v) is 16.3. The second kappa shape index (κ2) is 8.87. The van der Waals surface area contributed by atoms with Gasteiger partial charge in [0.1, 0.15) is 5.75 Å². The van der Waals surface area contributed by atoms with Crippen molar-refractivity contribution in [2.75, 3.05) is 6.61 Å². The van der Waals surface area contributed by atoms with Crippen LogP contribution in [0.25, 0.3) is 5.57 Å². The van der Waals surface area contributed by atoms with Crippen LogP contribution in [0.3, 0.4) is 0 Å². The lowest BCUT2D eigenvalue weighted by atomic mass is 9.32. The van der Waals surface area contributed by atoms with E-state index in [2.05, 4.69) is 54.2 Å². The van der Waals surface area contributed by atoms with E-state index in [-0.39, 0.29) is 22.0 Å². The lowest BCUT2D eigenvalue weighted by Crippen LogP contribution is -2.65. The number of aliphatic hydroxyl groups is 1. The molecule has 4 fully saturated rings. The van der Waals surface area contributed by atoms with Gasteiger partial charge in [0, 0.05) is 6.61 Å². The van der Waals surface area contributed by atoms with Crippen molar-refractivity contribution in [2.24, 2.45) is 56.7 Å². The summed E-state index contributed by atoms with van der Waals surface area (Å²) in [5, 5.41) is 21.3. The molecule has 3 heteroatoms. The van der Waals surface area contributed by atoms with E-state index in [0.29, 0.717) is 52.0 Å². The summed E-state index contributed by atoms with van der Waals surface area (Å²) < 4.78 is 0. The number of phenolic OH excluding ortho intramolecular Hbond substituents is 1. The smallest absolute Gasteiger partial charge is 0.134 e. The molecule has 0 aromatic heterocycles. The Morgan fingerprint density at radius 2 is 1.69 bits per heavy atom. The zero-order valence-electron chi connectivity index (χ0n) is 25.2. The molecule has 1 aromatic carbocycles. The lowest BCUT2D eigenvalue weighted by molar-refractivity contribution is -0.228. The molecule has 5 aliphatic rings. The number of aromatic hydroxyl groups is 1. The van der Waals surface area contributed by atoms with Crippen LogP contribution >= 0.6 is 11.6 Å². The minimum atomic E-state index is 0.0431. The molecule has 0 heterocycles. The van der Waals surface area contributed by atoms with Gasteiger partial charge < -0.3 is 10.2 Å². The van der Waals surface area contributed by atoms with Crippen molar-refractivity contribution < 1.29 is 10.2 Å². The normalized spacial score (nSPS) is 46.4. The number of fused-ring (bicyclic) bond motifs is 7. The van der Waals surface area contributed by atoms with Gasteiger partial charge in [0.2, 0.25) is 0 Å². The van der Waals surface area contributed by atoms with E-state index < -0.39 is 0 Å². The second-order valence-electron chi connectivity index (χ2n) is 15.9. The molecule has 0 amide bonds. The molecule has 0 aliphatic heterocycles. The Balaban J connectivity index is 1.38. The van der Waals surface area contributed by atoms with E-state index in [0.717, 1.165) is 12.0 Å². The number of aliphatic hydroxyl groups excluding tert-OH is 1. The topological polar surface area (TPSA) is 40.5 Å². The van der Waals surface area contributed by atoms with Crippen molar-refractivity contribution >= 4 is 17.2 Å². The first-order valence-corrected chi connectivity index (χ1v) is 16.1. The first-order chi connectivity index (χ1) is 18.2. The lowest BCUT2D eigenvalue weighted by Gasteiger charge is -2.72. The zero-order chi connectivity index (χ0) is 28.2. The highest BCUT2D eigenvalue weighted by Gasteiger charge is 2.70. The fourth-order valence-corrected chi connectivity index (χ4v) is 12.5. The van der Waals surface area contributed by atoms with Crippen LogP contribution in [-0.2, 0) is 0 Å². The van der Waals surface area contributed by atoms with E-state index >= 15 is 0 Å². The Hall–Kier alpha value is -1.25. The Labute approximate surface area is 242 Å². The maximum Gasteiger partial charge on any atom is 0.134 e. The first-order valence-electron chi connectivity index (χ1n) is 15.7. The van der Waals surface area contributed by atoms with Crippen molar-refractivity contribution in [1.29, 1.82) is 0 Å². The first kappa shape index (κ1) is 27.9. The van der Waals surface area contributed by atoms with E-state index in [1.165, 1.54) is 62.5 Å². The molecule has 4 saturated carbocycles. The van der Waals surface area contributed by atoms with Crippen LogP contribution in [0, 0.1) is 56.7 Å². The van der Waals surface area contributed by atoms with E-state index in [4.69, 9.17) is 11.6 Å². The van der Waals surface area contributed by atoms with Crippen molar-refractivity contribution in [2.45, 2.75) is 99.3 Å². The molecule has 39 heavy (non-hydrogen) atoms. The number of phenols is 1. The average Bonchev–Trinajstić information content (AvgIpc) is 3.26. The van der Waals surface area contributed by atoms with Crippen molar-refractivity contribution in [3.63, 3.8) is 0 Å². The van der Waals surface area contributed by atoms with E-state index in [1.807, 2.05) is 12.1 Å². The van der Waals surface area contributed by atoms with Gasteiger partial charge in [0.25, 0.3) is 0 Å². The fourth-order valence-electron chi connectivity index (χ4n) is 12.3. The van der Waals surface area contributed by atoms with Gasteiger partial charge in [-0.3, -0.25) is 0 Å². The van der Waals surface area contributed by atoms with Gasteiger partial charge in [0.15, 0.2) is 0 Å². The predicted octanol–water partition coefficient (Wildman–Crippen LogP) is 9.69. The number of rotatable bonds is 3. The summed E-state index contributed by atoms with van der Waals surface area (Å²) in [5.41, 5.74) is 4.96. The summed E-state index contributed by atoms with van der Waals surface area (Å²) in [5.74, 6) is 3.33. The molecule has 0 spiro atoms. The van der Waals surface area contributed by atoms with Crippen molar-refractivity contribution in [1.82, 2.24) is 0 Å². The highest BCUT2D eigenvalue weighted by Crippen LogP contribution is 2.77. The third-order valence-electron chi connectivity index (χ3n) is 14.4. The molecule has 9 atom stereocenters. The molecular formula is C36H51ClO2. The minimum absolute atomic E-state index is 0.0431. The molecule has 2 N–H and O–H groups in total. The molecule has 1 aromatic rings. The van der Waals surface area contributed by atoms with Crippen LogP contribution in [-0.4, -0.2) is 16.8 Å². The number of hydrogen-bond acceptors (Lipinski definition) is 2. The van der Waals surface area contributed by atoms with Gasteiger partial charge >= 0.3 is 0 Å². The number of allylic oxidation sites excluding steroid dienone is 3. The summed E-state index contributed by atoms with van der Waals surface area (Å²) in [4.78, 5) is 0. The largest absolute Gasteiger partial charge is 0.506 e. The zero-order valence-corrected chi connectivity index (χ0v) is 26.0. The average molecular weight is 551 g/mol. The number of halogens is 1. The van der Waals surface area contributed by atoms with Gasteiger partial charge in [0.05, 0.1) is 5.02 Å². The quantitative estimate of drug-likeness (QED) is 0.368. The molecule has 6 rings (SSSR count). The maximum absolute atomic E-state index is 10.8. The third-order valence-corrected chi connectivity index (χ3v) is 14.7. The Bertz CT molecular complexity index is 1210. The third kappa shape index (κ3) is 3.55. The molecule has 0 bridgehead atoms. The Kier molecular flexibility index (Phi) is 6.35. The highest BCUT2D eigenvalue weighted by atomic mass is 35.5. The van der Waals surface area contributed by atoms with Crippen molar-refractivity contribution in [3.8, 4) is 5.75 Å². The van der Waals surface area contributed by atoms with Crippen LogP contribution in [0.2, 0.25) is 5.02 Å². The summed E-state index contributed by atoms with van der Waals surface area (Å²) in [6.45, 7) is 20.0. The summed E-state index contributed by atoms with van der Waals surface area (Å²) in [7, 11) is 0. The van der Waals surface area contributed by atoms with Crippen molar-refractivity contribution in [3.05, 3.63) is 47.0 Å². The SMILES string of the molecule is C=C(C)[C@@H]1CC[C@]2(CO)CC[C@]3(C)[C@H](CC[C@@H]4[C@@]5(C)CC=C(c6ccc(O)c(Cl)c6)C(C)(C)[C@@H]5CC[C@]43C)[C@@H]12. The van der Waals surface area contributed by atoms with Crippen LogP contribution in [0.5, 0.6) is 5.75 Å². The van der Waals surface area contributed by atoms with Gasteiger partial charge in [-0.1, -0.05) is 70.5 Å². The highest BCUT2D eigenvalue weighted by molar-refractivity contribution is 6.32. The van der Waals surface area contributed by atoms with Gasteiger partial charge in [-0.2, -0.15) is 0 Å². The van der Waals surface area contributed by atoms with Gasteiger partial charge in [-0.25, -0.2) is 0 Å². The molecule has 214 valence electrons. The molecule has 2 nitrogen and oxygen atoms in total. The Morgan fingerprint density at radius 3 is 2.36 bits per heavy atom.